The number of hydrogen-bond acceptors (Lipinski definition) is 5. The lowest BCUT2D eigenvalue weighted by molar-refractivity contribution is -0.137. The molecule has 2 aromatic rings. The zero-order valence-electron chi connectivity index (χ0n) is 20.5. The Bertz CT molecular complexity index is 1110. The van der Waals surface area contributed by atoms with E-state index in [4.69, 9.17) is 21.1 Å². The standard InChI is InChI=1S/C25H29ClF3N3O4/c1-24(2,3)36-23(34)32(17-9-10-30-14-17)20-7-6-16(25(27,28)29)12-18(20)22(33)31-13-15-5-8-21(35-4)19(26)11-15/h5-8,11-12,17,30H,9-10,13-14H2,1-4H3,(H,31,33). The molecule has 1 fully saturated rings. The Balaban J connectivity index is 1.99. The molecular weight excluding hydrogens is 499 g/mol. The van der Waals surface area contributed by atoms with Crippen molar-refractivity contribution in [2.45, 2.75) is 51.6 Å². The number of alkyl halides is 3. The molecule has 0 aliphatic carbocycles. The van der Waals surface area contributed by atoms with Gasteiger partial charge in [-0.1, -0.05) is 17.7 Å². The van der Waals surface area contributed by atoms with Gasteiger partial charge < -0.3 is 20.1 Å². The molecular formula is C25H29ClF3N3O4. The summed E-state index contributed by atoms with van der Waals surface area (Å²) in [6, 6.07) is 7.24. The molecule has 1 aliphatic rings. The summed E-state index contributed by atoms with van der Waals surface area (Å²) in [7, 11) is 1.47. The fourth-order valence-corrected chi connectivity index (χ4v) is 4.10. The number of nitrogens with one attached hydrogen (secondary N) is 2. The highest BCUT2D eigenvalue weighted by Gasteiger charge is 2.37. The van der Waals surface area contributed by atoms with E-state index in [1.54, 1.807) is 39.0 Å². The Kier molecular flexibility index (Phi) is 8.40. The number of anilines is 1. The fourth-order valence-electron chi connectivity index (χ4n) is 3.82. The number of carbonyl (C=O) groups is 2. The van der Waals surface area contributed by atoms with Crippen molar-refractivity contribution in [2.75, 3.05) is 25.1 Å². The van der Waals surface area contributed by atoms with Crippen molar-refractivity contribution in [1.29, 1.82) is 0 Å². The predicted octanol–water partition coefficient (Wildman–Crippen LogP) is 5.40. The van der Waals surface area contributed by atoms with Crippen molar-refractivity contribution < 1.29 is 32.2 Å². The first-order valence-corrected chi connectivity index (χ1v) is 11.7. The smallest absolute Gasteiger partial charge is 0.416 e. The van der Waals surface area contributed by atoms with Crippen LogP contribution in [0.25, 0.3) is 0 Å². The molecule has 2 N–H and O–H groups in total. The third kappa shape index (κ3) is 6.82. The van der Waals surface area contributed by atoms with E-state index in [1.807, 2.05) is 0 Å². The highest BCUT2D eigenvalue weighted by molar-refractivity contribution is 6.32. The Morgan fingerprint density at radius 3 is 2.44 bits per heavy atom. The Hall–Kier alpha value is -2.98. The number of ether oxygens (including phenoxy) is 2. The molecule has 2 aromatic carbocycles. The van der Waals surface area contributed by atoms with Crippen molar-refractivity contribution in [3.63, 3.8) is 0 Å². The number of halogens is 4. The van der Waals surface area contributed by atoms with Gasteiger partial charge in [0.05, 0.1) is 35.0 Å². The molecule has 2 amide bonds. The van der Waals surface area contributed by atoms with E-state index in [9.17, 15) is 22.8 Å². The maximum absolute atomic E-state index is 13.5. The molecule has 1 aliphatic heterocycles. The van der Waals surface area contributed by atoms with Gasteiger partial charge in [-0.25, -0.2) is 4.79 Å². The number of rotatable bonds is 6. The van der Waals surface area contributed by atoms with Gasteiger partial charge in [0, 0.05) is 13.1 Å². The van der Waals surface area contributed by atoms with Gasteiger partial charge in [0.15, 0.2) is 0 Å². The van der Waals surface area contributed by atoms with E-state index < -0.39 is 35.4 Å². The number of amides is 2. The van der Waals surface area contributed by atoms with Crippen molar-refractivity contribution in [3.05, 3.63) is 58.1 Å². The molecule has 1 heterocycles. The molecule has 196 valence electrons. The number of nitrogens with zero attached hydrogens (tertiary/aromatic N) is 1. The topological polar surface area (TPSA) is 79.9 Å². The summed E-state index contributed by atoms with van der Waals surface area (Å²) in [5.41, 5.74) is -1.48. The van der Waals surface area contributed by atoms with Crippen LogP contribution in [0.3, 0.4) is 0 Å². The van der Waals surface area contributed by atoms with Crippen molar-refractivity contribution in [3.8, 4) is 5.75 Å². The van der Waals surface area contributed by atoms with Crippen LogP contribution in [0.1, 0.15) is 48.7 Å². The van der Waals surface area contributed by atoms with Gasteiger partial charge in [-0.2, -0.15) is 13.2 Å². The minimum absolute atomic E-state index is 0.00431. The molecule has 1 saturated heterocycles. The molecule has 36 heavy (non-hydrogen) atoms. The third-order valence-electron chi connectivity index (χ3n) is 5.49. The number of carbonyl (C=O) groups excluding carboxylic acids is 2. The van der Waals surface area contributed by atoms with E-state index >= 15 is 0 Å². The summed E-state index contributed by atoms with van der Waals surface area (Å²) < 4.78 is 51.3. The zero-order chi connectivity index (χ0) is 26.7. The molecule has 0 spiro atoms. The number of hydrogen-bond donors (Lipinski definition) is 2. The van der Waals surface area contributed by atoms with Gasteiger partial charge in [-0.3, -0.25) is 9.69 Å². The van der Waals surface area contributed by atoms with Crippen LogP contribution in [-0.2, 0) is 17.5 Å². The van der Waals surface area contributed by atoms with Crippen LogP contribution in [0.2, 0.25) is 5.02 Å². The average molecular weight is 528 g/mol. The quantitative estimate of drug-likeness (QED) is 0.526. The van der Waals surface area contributed by atoms with Crippen LogP contribution in [0, 0.1) is 0 Å². The molecule has 3 rings (SSSR count). The van der Waals surface area contributed by atoms with Gasteiger partial charge in [0.1, 0.15) is 11.4 Å². The van der Waals surface area contributed by atoms with Crippen LogP contribution in [0.4, 0.5) is 23.7 Å². The van der Waals surface area contributed by atoms with Gasteiger partial charge in [-0.05, 0) is 69.6 Å². The second kappa shape index (κ2) is 11.0. The Labute approximate surface area is 212 Å². The lowest BCUT2D eigenvalue weighted by Crippen LogP contribution is -2.45. The van der Waals surface area contributed by atoms with Crippen LogP contribution < -0.4 is 20.3 Å². The minimum atomic E-state index is -4.68. The Morgan fingerprint density at radius 2 is 1.89 bits per heavy atom. The lowest BCUT2D eigenvalue weighted by Gasteiger charge is -2.32. The van der Waals surface area contributed by atoms with E-state index in [2.05, 4.69) is 10.6 Å². The monoisotopic (exact) mass is 527 g/mol. The van der Waals surface area contributed by atoms with Gasteiger partial charge in [0.2, 0.25) is 0 Å². The van der Waals surface area contributed by atoms with Crippen LogP contribution in [0.5, 0.6) is 5.75 Å². The summed E-state index contributed by atoms with van der Waals surface area (Å²) in [5, 5.41) is 6.09. The summed E-state index contributed by atoms with van der Waals surface area (Å²) in [6.45, 7) is 6.09. The summed E-state index contributed by atoms with van der Waals surface area (Å²) in [4.78, 5) is 27.7. The lowest BCUT2D eigenvalue weighted by atomic mass is 10.0. The van der Waals surface area contributed by atoms with Crippen LogP contribution >= 0.6 is 11.6 Å². The van der Waals surface area contributed by atoms with Crippen LogP contribution in [-0.4, -0.2) is 43.8 Å². The largest absolute Gasteiger partial charge is 0.495 e. The maximum atomic E-state index is 13.5. The van der Waals surface area contributed by atoms with Crippen molar-refractivity contribution in [1.82, 2.24) is 10.6 Å². The SMILES string of the molecule is COc1ccc(CNC(=O)c2cc(C(F)(F)F)ccc2N(C(=O)OC(C)(C)C)C2CCNC2)cc1Cl. The third-order valence-corrected chi connectivity index (χ3v) is 5.78. The second-order valence-electron chi connectivity index (χ2n) is 9.38. The van der Waals surface area contributed by atoms with Gasteiger partial charge in [0.25, 0.3) is 5.91 Å². The maximum Gasteiger partial charge on any atom is 0.416 e. The normalized spacial score (nSPS) is 15.9. The molecule has 1 unspecified atom stereocenters. The highest BCUT2D eigenvalue weighted by Crippen LogP contribution is 2.35. The van der Waals surface area contributed by atoms with E-state index in [0.29, 0.717) is 35.8 Å². The molecule has 0 saturated carbocycles. The van der Waals surface area contributed by atoms with Crippen molar-refractivity contribution >= 4 is 29.3 Å². The summed E-state index contributed by atoms with van der Waals surface area (Å²) in [6.07, 6.45) is -4.87. The van der Waals surface area contributed by atoms with E-state index in [0.717, 1.165) is 18.2 Å². The Morgan fingerprint density at radius 1 is 1.17 bits per heavy atom. The predicted molar refractivity (Wildman–Crippen MR) is 131 cm³/mol. The molecule has 11 heteroatoms. The molecule has 0 radical (unpaired) electrons. The van der Waals surface area contributed by atoms with Gasteiger partial charge >= 0.3 is 12.3 Å². The second-order valence-corrected chi connectivity index (χ2v) is 9.79. The minimum Gasteiger partial charge on any atom is -0.495 e. The first-order chi connectivity index (χ1) is 16.8. The fraction of sp³-hybridized carbons (Fsp3) is 0.440. The molecule has 0 bridgehead atoms. The molecule has 1 atom stereocenters. The van der Waals surface area contributed by atoms with Crippen molar-refractivity contribution in [2.24, 2.45) is 0 Å². The summed E-state index contributed by atoms with van der Waals surface area (Å²) in [5.74, 6) is -0.326. The molecule has 7 nitrogen and oxygen atoms in total. The van der Waals surface area contributed by atoms with Crippen LogP contribution in [0.15, 0.2) is 36.4 Å². The molecule has 0 aromatic heterocycles. The first-order valence-electron chi connectivity index (χ1n) is 11.3. The number of methoxy groups -OCH3 is 1. The van der Waals surface area contributed by atoms with Gasteiger partial charge in [-0.15, -0.1) is 0 Å². The summed E-state index contributed by atoms with van der Waals surface area (Å²) >= 11 is 6.13. The average Bonchev–Trinajstić information content (AvgIpc) is 3.30. The zero-order valence-corrected chi connectivity index (χ0v) is 21.2. The number of benzene rings is 2. The van der Waals surface area contributed by atoms with E-state index in [-0.39, 0.29) is 17.8 Å². The highest BCUT2D eigenvalue weighted by atomic mass is 35.5. The first kappa shape index (κ1) is 27.6. The van der Waals surface area contributed by atoms with E-state index in [1.165, 1.54) is 12.0 Å².